The van der Waals surface area contributed by atoms with E-state index >= 15 is 0 Å². The van der Waals surface area contributed by atoms with Crippen molar-refractivity contribution in [2.45, 2.75) is 52.2 Å². The monoisotopic (exact) mass is 310 g/mol. The van der Waals surface area contributed by atoms with Gasteiger partial charge in [-0.1, -0.05) is 31.5 Å². The number of carbonyl (C=O) groups excluding carboxylic acids is 1. The van der Waals surface area contributed by atoms with Crippen molar-refractivity contribution in [1.82, 2.24) is 0 Å². The van der Waals surface area contributed by atoms with Crippen molar-refractivity contribution in [3.05, 3.63) is 28.8 Å². The van der Waals surface area contributed by atoms with Crippen molar-refractivity contribution in [2.24, 2.45) is 11.1 Å². The molecule has 0 aliphatic heterocycles. The molecule has 1 aromatic rings. The molecule has 0 heterocycles. The Morgan fingerprint density at radius 2 is 1.95 bits per heavy atom. The molecule has 1 aliphatic carbocycles. The molecule has 5 heteroatoms. The molecule has 3 N–H and O–H groups in total. The topological polar surface area (TPSA) is 64.3 Å². The number of carbonyl (C=O) groups is 1. The first-order valence-corrected chi connectivity index (χ1v) is 7.45. The van der Waals surface area contributed by atoms with Gasteiger partial charge < -0.3 is 10.5 Å². The quantitative estimate of drug-likeness (QED) is 0.863. The number of hydrogen-bond acceptors (Lipinski definition) is 3. The predicted molar refractivity (Wildman–Crippen MR) is 85.8 cm³/mol. The van der Waals surface area contributed by atoms with Crippen LogP contribution in [-0.4, -0.2) is 17.7 Å². The fourth-order valence-corrected chi connectivity index (χ4v) is 2.72. The van der Waals surface area contributed by atoms with E-state index in [4.69, 9.17) is 22.1 Å². The molecule has 1 aromatic carbocycles. The standard InChI is InChI=1S/C16H23ClN2O2/c1-15(2,3)21-14(20)19-11-8-9(6-7-10(11)17)12-13(18)16(12,4)5/h6-8,12-13H,18H2,1-5H3,(H,19,20). The smallest absolute Gasteiger partial charge is 0.412 e. The lowest BCUT2D eigenvalue weighted by Gasteiger charge is -2.20. The highest BCUT2D eigenvalue weighted by atomic mass is 35.5. The molecule has 0 saturated heterocycles. The van der Waals surface area contributed by atoms with E-state index in [-0.39, 0.29) is 17.4 Å². The van der Waals surface area contributed by atoms with Gasteiger partial charge in [0.05, 0.1) is 10.7 Å². The van der Waals surface area contributed by atoms with Crippen LogP contribution < -0.4 is 11.1 Å². The van der Waals surface area contributed by atoms with Crippen LogP contribution in [-0.2, 0) is 4.74 Å². The summed E-state index contributed by atoms with van der Waals surface area (Å²) in [6.07, 6.45) is -0.513. The third-order valence-corrected chi connectivity index (χ3v) is 4.23. The van der Waals surface area contributed by atoms with Crippen LogP contribution in [0.25, 0.3) is 0 Å². The van der Waals surface area contributed by atoms with Gasteiger partial charge in [0.2, 0.25) is 0 Å². The molecule has 0 aromatic heterocycles. The van der Waals surface area contributed by atoms with Gasteiger partial charge in [0, 0.05) is 12.0 Å². The number of nitrogens with two attached hydrogens (primary N) is 1. The zero-order chi connectivity index (χ0) is 16.0. The maximum absolute atomic E-state index is 11.9. The van der Waals surface area contributed by atoms with Gasteiger partial charge in [-0.3, -0.25) is 5.32 Å². The van der Waals surface area contributed by atoms with E-state index in [1.165, 1.54) is 0 Å². The molecule has 2 rings (SSSR count). The number of rotatable bonds is 2. The second-order valence-corrected chi connectivity index (χ2v) is 7.60. The largest absolute Gasteiger partial charge is 0.444 e. The molecule has 1 fully saturated rings. The fourth-order valence-electron chi connectivity index (χ4n) is 2.56. The third kappa shape index (κ3) is 3.50. The zero-order valence-corrected chi connectivity index (χ0v) is 13.9. The van der Waals surface area contributed by atoms with Gasteiger partial charge in [-0.05, 0) is 43.9 Å². The summed E-state index contributed by atoms with van der Waals surface area (Å²) in [6.45, 7) is 9.72. The van der Waals surface area contributed by atoms with Gasteiger partial charge in [0.25, 0.3) is 0 Å². The van der Waals surface area contributed by atoms with Crippen LogP contribution in [0.3, 0.4) is 0 Å². The molecule has 0 spiro atoms. The molecule has 2 atom stereocenters. The van der Waals surface area contributed by atoms with Crippen LogP contribution >= 0.6 is 11.6 Å². The Kier molecular flexibility index (Phi) is 3.98. The lowest BCUT2D eigenvalue weighted by molar-refractivity contribution is 0.0636. The van der Waals surface area contributed by atoms with Crippen LogP contribution in [0.15, 0.2) is 18.2 Å². The van der Waals surface area contributed by atoms with Gasteiger partial charge in [-0.15, -0.1) is 0 Å². The second-order valence-electron chi connectivity index (χ2n) is 7.19. The highest BCUT2D eigenvalue weighted by Crippen LogP contribution is 2.57. The summed E-state index contributed by atoms with van der Waals surface area (Å²) < 4.78 is 5.24. The molecule has 4 nitrogen and oxygen atoms in total. The average molecular weight is 311 g/mol. The molecule has 2 unspecified atom stereocenters. The fraction of sp³-hybridized carbons (Fsp3) is 0.562. The van der Waals surface area contributed by atoms with Crippen LogP contribution in [0.5, 0.6) is 0 Å². The maximum atomic E-state index is 11.9. The normalized spacial score (nSPS) is 23.6. The molecule has 21 heavy (non-hydrogen) atoms. The molecule has 1 aliphatic rings. The van der Waals surface area contributed by atoms with Crippen molar-refractivity contribution >= 4 is 23.4 Å². The summed E-state index contributed by atoms with van der Waals surface area (Å²) in [5, 5.41) is 3.18. The van der Waals surface area contributed by atoms with E-state index in [9.17, 15) is 4.79 Å². The Morgan fingerprint density at radius 3 is 2.43 bits per heavy atom. The summed E-state index contributed by atoms with van der Waals surface area (Å²) >= 11 is 6.14. The minimum absolute atomic E-state index is 0.0804. The van der Waals surface area contributed by atoms with Gasteiger partial charge in [0.15, 0.2) is 0 Å². The Balaban J connectivity index is 2.16. The van der Waals surface area contributed by atoms with E-state index < -0.39 is 11.7 Å². The Labute approximate surface area is 131 Å². The first-order chi connectivity index (χ1) is 9.52. The Morgan fingerprint density at radius 1 is 1.38 bits per heavy atom. The van der Waals surface area contributed by atoms with Gasteiger partial charge in [-0.25, -0.2) is 4.79 Å². The van der Waals surface area contributed by atoms with Crippen molar-refractivity contribution in [1.29, 1.82) is 0 Å². The van der Waals surface area contributed by atoms with Gasteiger partial charge >= 0.3 is 6.09 Å². The summed E-state index contributed by atoms with van der Waals surface area (Å²) in [5.41, 5.74) is 7.28. The van der Waals surface area contributed by atoms with Crippen LogP contribution in [0.1, 0.15) is 46.1 Å². The van der Waals surface area contributed by atoms with E-state index in [0.29, 0.717) is 10.7 Å². The second kappa shape index (κ2) is 5.18. The molecule has 0 bridgehead atoms. The minimum Gasteiger partial charge on any atom is -0.444 e. The highest BCUT2D eigenvalue weighted by molar-refractivity contribution is 6.33. The first kappa shape index (κ1) is 16.1. The SMILES string of the molecule is CC(C)(C)OC(=O)Nc1cc(C2C(N)C2(C)C)ccc1Cl. The number of benzene rings is 1. The minimum atomic E-state index is -0.547. The van der Waals surface area contributed by atoms with E-state index in [1.807, 2.05) is 32.9 Å². The van der Waals surface area contributed by atoms with Gasteiger partial charge in [-0.2, -0.15) is 0 Å². The van der Waals surface area contributed by atoms with E-state index in [1.54, 1.807) is 6.07 Å². The zero-order valence-electron chi connectivity index (χ0n) is 13.2. The number of ether oxygens (including phenoxy) is 1. The van der Waals surface area contributed by atoms with Crippen LogP contribution in [0.4, 0.5) is 10.5 Å². The van der Waals surface area contributed by atoms with Crippen LogP contribution in [0, 0.1) is 5.41 Å². The average Bonchev–Trinajstić information content (AvgIpc) is 2.79. The van der Waals surface area contributed by atoms with Crippen molar-refractivity contribution in [2.75, 3.05) is 5.32 Å². The predicted octanol–water partition coefficient (Wildman–Crippen LogP) is 4.14. The molecule has 0 radical (unpaired) electrons. The molecular formula is C16H23ClN2O2. The number of nitrogens with one attached hydrogen (secondary N) is 1. The van der Waals surface area contributed by atoms with Crippen molar-refractivity contribution in [3.63, 3.8) is 0 Å². The van der Waals surface area contributed by atoms with E-state index in [0.717, 1.165) is 5.56 Å². The molecule has 1 saturated carbocycles. The number of amides is 1. The van der Waals surface area contributed by atoms with Crippen molar-refractivity contribution in [3.8, 4) is 0 Å². The lowest BCUT2D eigenvalue weighted by Crippen LogP contribution is -2.27. The Hall–Kier alpha value is -1.26. The summed E-state index contributed by atoms with van der Waals surface area (Å²) in [4.78, 5) is 11.9. The van der Waals surface area contributed by atoms with Crippen LogP contribution in [0.2, 0.25) is 5.02 Å². The highest BCUT2D eigenvalue weighted by Gasteiger charge is 2.56. The number of halogens is 1. The molecule has 1 amide bonds. The third-order valence-electron chi connectivity index (χ3n) is 3.90. The maximum Gasteiger partial charge on any atom is 0.412 e. The van der Waals surface area contributed by atoms with Crippen molar-refractivity contribution < 1.29 is 9.53 Å². The summed E-state index contributed by atoms with van der Waals surface area (Å²) in [7, 11) is 0. The lowest BCUT2D eigenvalue weighted by atomic mass is 10.0. The number of hydrogen-bond donors (Lipinski definition) is 2. The van der Waals surface area contributed by atoms with E-state index in [2.05, 4.69) is 19.2 Å². The van der Waals surface area contributed by atoms with Gasteiger partial charge in [0.1, 0.15) is 5.60 Å². The summed E-state index contributed by atoms with van der Waals surface area (Å²) in [5.74, 6) is 0.286. The molecule has 116 valence electrons. The summed E-state index contributed by atoms with van der Waals surface area (Å²) in [6, 6.07) is 5.76. The first-order valence-electron chi connectivity index (χ1n) is 7.07. The Bertz CT molecular complexity index is 564. The number of anilines is 1. The molecular weight excluding hydrogens is 288 g/mol.